The number of piperidine rings is 1. The normalized spacial score (nSPS) is 17.3. The van der Waals surface area contributed by atoms with Gasteiger partial charge in [0.2, 0.25) is 5.91 Å². The quantitative estimate of drug-likeness (QED) is 0.516. The average molecular weight is 211 g/mol. The van der Waals surface area contributed by atoms with Crippen LogP contribution in [0.3, 0.4) is 0 Å². The Morgan fingerprint density at radius 2 is 2.07 bits per heavy atom. The van der Waals surface area contributed by atoms with Crippen molar-refractivity contribution in [2.45, 2.75) is 19.8 Å². The van der Waals surface area contributed by atoms with E-state index in [-0.39, 0.29) is 24.4 Å². The number of amides is 1. The van der Waals surface area contributed by atoms with Crippen molar-refractivity contribution in [2.24, 2.45) is 5.92 Å². The Labute approximate surface area is 89.9 Å². The molecule has 0 aromatic carbocycles. The first-order chi connectivity index (χ1) is 7.15. The van der Waals surface area contributed by atoms with Crippen molar-refractivity contribution in [1.29, 1.82) is 0 Å². The van der Waals surface area contributed by atoms with E-state index >= 15 is 0 Å². The molecule has 0 aromatic rings. The molecule has 0 saturated carbocycles. The molecule has 1 amide bonds. The second kappa shape index (κ2) is 5.53. The van der Waals surface area contributed by atoms with Crippen molar-refractivity contribution in [3.63, 3.8) is 0 Å². The van der Waals surface area contributed by atoms with E-state index in [0.29, 0.717) is 25.9 Å². The number of hydrogen-bond donors (Lipinski definition) is 0. The summed E-state index contributed by atoms with van der Waals surface area (Å²) in [6, 6.07) is 0. The summed E-state index contributed by atoms with van der Waals surface area (Å²) in [5.74, 6) is -0.147. The monoisotopic (exact) mass is 211 g/mol. The third kappa shape index (κ3) is 3.38. The highest BCUT2D eigenvalue weighted by Gasteiger charge is 2.26. The minimum absolute atomic E-state index is 0.0550. The van der Waals surface area contributed by atoms with Crippen LogP contribution in [0, 0.1) is 5.92 Å². The van der Waals surface area contributed by atoms with E-state index in [2.05, 4.69) is 6.58 Å². The third-order valence-electron chi connectivity index (χ3n) is 2.62. The first-order valence-corrected chi connectivity index (χ1v) is 5.18. The topological polar surface area (TPSA) is 46.6 Å². The second-order valence-corrected chi connectivity index (χ2v) is 3.70. The zero-order valence-electron chi connectivity index (χ0n) is 9.07. The van der Waals surface area contributed by atoms with Crippen LogP contribution in [0.2, 0.25) is 0 Å². The van der Waals surface area contributed by atoms with Gasteiger partial charge in [0.15, 0.2) is 0 Å². The van der Waals surface area contributed by atoms with Gasteiger partial charge in [-0.3, -0.25) is 9.59 Å². The molecule has 1 rings (SSSR count). The van der Waals surface area contributed by atoms with Crippen LogP contribution in [0.1, 0.15) is 19.8 Å². The lowest BCUT2D eigenvalue weighted by molar-refractivity contribution is -0.150. The third-order valence-corrected chi connectivity index (χ3v) is 2.62. The molecule has 4 heteroatoms. The Hall–Kier alpha value is -1.32. The predicted molar refractivity (Wildman–Crippen MR) is 56.1 cm³/mol. The van der Waals surface area contributed by atoms with E-state index in [9.17, 15) is 9.59 Å². The molecule has 1 aliphatic heterocycles. The minimum Gasteiger partial charge on any atom is -0.461 e. The Morgan fingerprint density at radius 1 is 1.47 bits per heavy atom. The molecule has 0 radical (unpaired) electrons. The van der Waals surface area contributed by atoms with Gasteiger partial charge in [-0.25, -0.2) is 0 Å². The van der Waals surface area contributed by atoms with E-state index in [4.69, 9.17) is 4.74 Å². The number of nitrogens with zero attached hydrogens (tertiary/aromatic N) is 1. The summed E-state index contributed by atoms with van der Waals surface area (Å²) >= 11 is 0. The molecule has 0 unspecified atom stereocenters. The molecular weight excluding hydrogens is 194 g/mol. The molecule has 0 aromatic heterocycles. The average Bonchev–Trinajstić information content (AvgIpc) is 2.26. The first kappa shape index (κ1) is 11.8. The highest BCUT2D eigenvalue weighted by atomic mass is 16.5. The molecule has 1 fully saturated rings. The van der Waals surface area contributed by atoms with E-state index in [1.165, 1.54) is 0 Å². The number of rotatable bonds is 3. The highest BCUT2D eigenvalue weighted by molar-refractivity contribution is 5.75. The second-order valence-electron chi connectivity index (χ2n) is 3.70. The van der Waals surface area contributed by atoms with Crippen LogP contribution in [0.15, 0.2) is 12.7 Å². The fraction of sp³-hybridized carbons (Fsp3) is 0.636. The largest absolute Gasteiger partial charge is 0.461 e. The number of carbonyl (C=O) groups is 2. The standard InChI is InChI=1S/C11H17NO3/c1-3-8-15-11(14)10-4-6-12(7-5-10)9(2)13/h3,10H,1,4-8H2,2H3. The van der Waals surface area contributed by atoms with Crippen LogP contribution in [-0.4, -0.2) is 36.5 Å². The van der Waals surface area contributed by atoms with Gasteiger partial charge in [-0.05, 0) is 12.8 Å². The zero-order chi connectivity index (χ0) is 11.3. The molecule has 84 valence electrons. The van der Waals surface area contributed by atoms with Crippen molar-refractivity contribution in [1.82, 2.24) is 4.90 Å². The van der Waals surface area contributed by atoms with Crippen molar-refractivity contribution in [3.05, 3.63) is 12.7 Å². The molecule has 15 heavy (non-hydrogen) atoms. The molecule has 0 aliphatic carbocycles. The van der Waals surface area contributed by atoms with Gasteiger partial charge < -0.3 is 9.64 Å². The molecule has 0 N–H and O–H groups in total. The molecule has 4 nitrogen and oxygen atoms in total. The smallest absolute Gasteiger partial charge is 0.309 e. The van der Waals surface area contributed by atoms with E-state index in [1.54, 1.807) is 17.9 Å². The van der Waals surface area contributed by atoms with Gasteiger partial charge in [0.1, 0.15) is 6.61 Å². The van der Waals surface area contributed by atoms with E-state index in [1.807, 2.05) is 0 Å². The number of likely N-dealkylation sites (tertiary alicyclic amines) is 1. The summed E-state index contributed by atoms with van der Waals surface area (Å²) in [5, 5.41) is 0. The van der Waals surface area contributed by atoms with Gasteiger partial charge in [0.25, 0.3) is 0 Å². The summed E-state index contributed by atoms with van der Waals surface area (Å²) in [6.45, 7) is 6.62. The number of carbonyl (C=O) groups excluding carboxylic acids is 2. The first-order valence-electron chi connectivity index (χ1n) is 5.18. The van der Waals surface area contributed by atoms with Crippen molar-refractivity contribution in [2.75, 3.05) is 19.7 Å². The fourth-order valence-corrected chi connectivity index (χ4v) is 1.69. The van der Waals surface area contributed by atoms with Crippen LogP contribution in [0.5, 0.6) is 0 Å². The lowest BCUT2D eigenvalue weighted by Crippen LogP contribution is -2.39. The summed E-state index contributed by atoms with van der Waals surface area (Å²) in [7, 11) is 0. The molecule has 1 heterocycles. The molecule has 1 aliphatic rings. The summed E-state index contributed by atoms with van der Waals surface area (Å²) in [4.78, 5) is 24.3. The van der Waals surface area contributed by atoms with Crippen LogP contribution in [-0.2, 0) is 14.3 Å². The lowest BCUT2D eigenvalue weighted by atomic mass is 9.97. The Bertz CT molecular complexity index is 255. The van der Waals surface area contributed by atoms with Gasteiger partial charge in [-0.1, -0.05) is 12.7 Å². The Balaban J connectivity index is 2.33. The number of ether oxygens (including phenoxy) is 1. The Morgan fingerprint density at radius 3 is 2.53 bits per heavy atom. The lowest BCUT2D eigenvalue weighted by Gasteiger charge is -2.29. The van der Waals surface area contributed by atoms with E-state index in [0.717, 1.165) is 0 Å². The van der Waals surface area contributed by atoms with Crippen molar-refractivity contribution >= 4 is 11.9 Å². The van der Waals surface area contributed by atoms with Crippen LogP contribution in [0.4, 0.5) is 0 Å². The minimum atomic E-state index is -0.168. The van der Waals surface area contributed by atoms with E-state index < -0.39 is 0 Å². The molecule has 1 saturated heterocycles. The summed E-state index contributed by atoms with van der Waals surface area (Å²) in [5.41, 5.74) is 0. The highest BCUT2D eigenvalue weighted by Crippen LogP contribution is 2.18. The predicted octanol–water partition coefficient (Wildman–Crippen LogP) is 0.974. The molecule has 0 spiro atoms. The molecule has 0 bridgehead atoms. The SMILES string of the molecule is C=CCOC(=O)C1CCN(C(C)=O)CC1. The molecule has 0 atom stereocenters. The van der Waals surface area contributed by atoms with Crippen LogP contribution in [0.25, 0.3) is 0 Å². The van der Waals surface area contributed by atoms with Crippen LogP contribution >= 0.6 is 0 Å². The van der Waals surface area contributed by atoms with Crippen LogP contribution < -0.4 is 0 Å². The van der Waals surface area contributed by atoms with Gasteiger partial charge in [-0.2, -0.15) is 0 Å². The summed E-state index contributed by atoms with van der Waals surface area (Å²) in [6.07, 6.45) is 2.97. The molecular formula is C11H17NO3. The van der Waals surface area contributed by atoms with Gasteiger partial charge in [0.05, 0.1) is 5.92 Å². The van der Waals surface area contributed by atoms with Gasteiger partial charge in [-0.15, -0.1) is 0 Å². The fourth-order valence-electron chi connectivity index (χ4n) is 1.69. The number of esters is 1. The van der Waals surface area contributed by atoms with Crippen molar-refractivity contribution < 1.29 is 14.3 Å². The van der Waals surface area contributed by atoms with Gasteiger partial charge >= 0.3 is 5.97 Å². The number of hydrogen-bond acceptors (Lipinski definition) is 3. The zero-order valence-corrected chi connectivity index (χ0v) is 9.07. The maximum atomic E-state index is 11.5. The summed E-state index contributed by atoms with van der Waals surface area (Å²) < 4.78 is 4.97. The Kier molecular flexibility index (Phi) is 4.34. The van der Waals surface area contributed by atoms with Gasteiger partial charge in [0, 0.05) is 20.0 Å². The maximum Gasteiger partial charge on any atom is 0.309 e. The maximum absolute atomic E-state index is 11.5. The van der Waals surface area contributed by atoms with Crippen molar-refractivity contribution in [3.8, 4) is 0 Å².